The first-order valence-electron chi connectivity index (χ1n) is 3.86. The Morgan fingerprint density at radius 1 is 1.25 bits per heavy atom. The standard InChI is InChI=1S/C9H13NO2/c10-8(6-11)5-7-1-3-9(12)4-2-7/h1-4,8,11-12H,5-6,10H2. The fraction of sp³-hybridized carbons (Fsp3) is 0.333. The highest BCUT2D eigenvalue weighted by molar-refractivity contribution is 5.26. The van der Waals surface area contributed by atoms with Crippen molar-refractivity contribution in [2.75, 3.05) is 6.61 Å². The second kappa shape index (κ2) is 4.09. The van der Waals surface area contributed by atoms with Crippen LogP contribution in [0.5, 0.6) is 5.75 Å². The Hall–Kier alpha value is -1.06. The van der Waals surface area contributed by atoms with Crippen LogP contribution in [-0.4, -0.2) is 22.9 Å². The molecule has 0 aliphatic rings. The van der Waals surface area contributed by atoms with Gasteiger partial charge in [-0.15, -0.1) is 0 Å². The molecule has 0 heterocycles. The van der Waals surface area contributed by atoms with Gasteiger partial charge in [-0.05, 0) is 24.1 Å². The summed E-state index contributed by atoms with van der Waals surface area (Å²) in [6, 6.07) is 6.60. The van der Waals surface area contributed by atoms with Gasteiger partial charge in [0.1, 0.15) is 5.75 Å². The first-order chi connectivity index (χ1) is 5.72. The van der Waals surface area contributed by atoms with Crippen LogP contribution in [0.25, 0.3) is 0 Å². The molecule has 66 valence electrons. The third-order valence-corrected chi connectivity index (χ3v) is 1.67. The second-order valence-electron chi connectivity index (χ2n) is 2.81. The van der Waals surface area contributed by atoms with Crippen LogP contribution in [0.2, 0.25) is 0 Å². The summed E-state index contributed by atoms with van der Waals surface area (Å²) in [5.74, 6) is 0.247. The van der Waals surface area contributed by atoms with Gasteiger partial charge in [0, 0.05) is 6.04 Å². The highest BCUT2D eigenvalue weighted by atomic mass is 16.3. The Morgan fingerprint density at radius 3 is 2.33 bits per heavy atom. The summed E-state index contributed by atoms with van der Waals surface area (Å²) in [6.45, 7) is -0.0130. The van der Waals surface area contributed by atoms with Crippen LogP contribution in [0, 0.1) is 0 Å². The van der Waals surface area contributed by atoms with Crippen LogP contribution in [0.4, 0.5) is 0 Å². The molecule has 12 heavy (non-hydrogen) atoms. The molecule has 3 heteroatoms. The van der Waals surface area contributed by atoms with E-state index in [1.165, 1.54) is 0 Å². The van der Waals surface area contributed by atoms with Gasteiger partial charge in [0.15, 0.2) is 0 Å². The fourth-order valence-corrected chi connectivity index (χ4v) is 0.999. The number of aromatic hydroxyl groups is 1. The molecule has 3 nitrogen and oxygen atoms in total. The van der Waals surface area contributed by atoms with Gasteiger partial charge in [-0.25, -0.2) is 0 Å². The molecule has 0 aliphatic heterocycles. The van der Waals surface area contributed by atoms with Crippen molar-refractivity contribution in [1.82, 2.24) is 0 Å². The van der Waals surface area contributed by atoms with E-state index in [0.29, 0.717) is 6.42 Å². The normalized spacial score (nSPS) is 12.8. The van der Waals surface area contributed by atoms with Gasteiger partial charge in [0.2, 0.25) is 0 Å². The minimum absolute atomic E-state index is 0.0130. The summed E-state index contributed by atoms with van der Waals surface area (Å²) in [6.07, 6.45) is 0.636. The molecule has 0 aliphatic carbocycles. The van der Waals surface area contributed by atoms with Gasteiger partial charge >= 0.3 is 0 Å². The molecule has 1 atom stereocenters. The Bertz CT molecular complexity index is 233. The number of benzene rings is 1. The summed E-state index contributed by atoms with van der Waals surface area (Å²) in [5.41, 5.74) is 6.55. The third-order valence-electron chi connectivity index (χ3n) is 1.67. The average molecular weight is 167 g/mol. The van der Waals surface area contributed by atoms with Crippen molar-refractivity contribution in [1.29, 1.82) is 0 Å². The monoisotopic (exact) mass is 167 g/mol. The van der Waals surface area contributed by atoms with Gasteiger partial charge in [0.05, 0.1) is 6.61 Å². The fourth-order valence-electron chi connectivity index (χ4n) is 0.999. The van der Waals surface area contributed by atoms with Gasteiger partial charge in [0.25, 0.3) is 0 Å². The largest absolute Gasteiger partial charge is 0.508 e. The zero-order valence-corrected chi connectivity index (χ0v) is 6.77. The molecule has 1 aromatic carbocycles. The molecule has 0 aromatic heterocycles. The van der Waals surface area contributed by atoms with Gasteiger partial charge in [-0.3, -0.25) is 0 Å². The highest BCUT2D eigenvalue weighted by Gasteiger charge is 2.01. The van der Waals surface area contributed by atoms with Crippen molar-refractivity contribution in [2.45, 2.75) is 12.5 Å². The van der Waals surface area contributed by atoms with E-state index in [4.69, 9.17) is 15.9 Å². The maximum absolute atomic E-state index is 8.97. The van der Waals surface area contributed by atoms with Crippen molar-refractivity contribution in [2.24, 2.45) is 5.73 Å². The van der Waals surface area contributed by atoms with Crippen molar-refractivity contribution in [3.63, 3.8) is 0 Å². The number of rotatable bonds is 3. The first-order valence-corrected chi connectivity index (χ1v) is 3.86. The van der Waals surface area contributed by atoms with Crippen molar-refractivity contribution in [3.8, 4) is 5.75 Å². The molecule has 0 saturated carbocycles. The van der Waals surface area contributed by atoms with Crippen molar-refractivity contribution < 1.29 is 10.2 Å². The van der Waals surface area contributed by atoms with E-state index < -0.39 is 0 Å². The van der Waals surface area contributed by atoms with E-state index in [2.05, 4.69) is 0 Å². The molecule has 0 saturated heterocycles. The Balaban J connectivity index is 2.58. The molecule has 0 amide bonds. The topological polar surface area (TPSA) is 66.5 Å². The molecular formula is C9H13NO2. The number of hydrogen-bond acceptors (Lipinski definition) is 3. The molecule has 0 spiro atoms. The predicted molar refractivity (Wildman–Crippen MR) is 46.9 cm³/mol. The van der Waals surface area contributed by atoms with Gasteiger partial charge in [-0.1, -0.05) is 12.1 Å². The molecule has 0 fully saturated rings. The zero-order valence-electron chi connectivity index (χ0n) is 6.77. The van der Waals surface area contributed by atoms with E-state index in [1.54, 1.807) is 24.3 Å². The quantitative estimate of drug-likeness (QED) is 0.604. The molecule has 1 aromatic rings. The van der Waals surface area contributed by atoms with Gasteiger partial charge < -0.3 is 15.9 Å². The summed E-state index contributed by atoms with van der Waals surface area (Å²) < 4.78 is 0. The second-order valence-corrected chi connectivity index (χ2v) is 2.81. The number of aliphatic hydroxyl groups excluding tert-OH is 1. The van der Waals surface area contributed by atoms with Gasteiger partial charge in [-0.2, -0.15) is 0 Å². The van der Waals surface area contributed by atoms with E-state index in [9.17, 15) is 0 Å². The van der Waals surface area contributed by atoms with E-state index >= 15 is 0 Å². The molecule has 0 radical (unpaired) electrons. The van der Waals surface area contributed by atoms with Crippen LogP contribution in [-0.2, 0) is 6.42 Å². The smallest absolute Gasteiger partial charge is 0.115 e. The number of nitrogens with two attached hydrogens (primary N) is 1. The Morgan fingerprint density at radius 2 is 1.83 bits per heavy atom. The number of aliphatic hydroxyl groups is 1. The summed E-state index contributed by atoms with van der Waals surface area (Å²) in [7, 11) is 0. The number of phenolic OH excluding ortho intramolecular Hbond substituents is 1. The van der Waals surface area contributed by atoms with E-state index in [1.807, 2.05) is 0 Å². The van der Waals surface area contributed by atoms with Crippen LogP contribution >= 0.6 is 0 Å². The number of hydrogen-bond donors (Lipinski definition) is 3. The van der Waals surface area contributed by atoms with Crippen LogP contribution in [0.3, 0.4) is 0 Å². The van der Waals surface area contributed by atoms with Crippen molar-refractivity contribution in [3.05, 3.63) is 29.8 Å². The molecule has 4 N–H and O–H groups in total. The van der Waals surface area contributed by atoms with Crippen LogP contribution in [0.1, 0.15) is 5.56 Å². The minimum atomic E-state index is -0.213. The maximum Gasteiger partial charge on any atom is 0.115 e. The van der Waals surface area contributed by atoms with Crippen LogP contribution < -0.4 is 5.73 Å². The third kappa shape index (κ3) is 2.53. The minimum Gasteiger partial charge on any atom is -0.508 e. The SMILES string of the molecule is NC(CO)Cc1ccc(O)cc1. The predicted octanol–water partition coefficient (Wildman–Crippen LogP) is 0.254. The van der Waals surface area contributed by atoms with Crippen molar-refractivity contribution >= 4 is 0 Å². The zero-order chi connectivity index (χ0) is 8.97. The lowest BCUT2D eigenvalue weighted by Crippen LogP contribution is -2.26. The molecule has 1 unspecified atom stereocenters. The highest BCUT2D eigenvalue weighted by Crippen LogP contribution is 2.10. The summed E-state index contributed by atoms with van der Waals surface area (Å²) in [5, 5.41) is 17.6. The average Bonchev–Trinajstić information content (AvgIpc) is 2.09. The Kier molecular flexibility index (Phi) is 3.08. The van der Waals surface area contributed by atoms with Crippen LogP contribution in [0.15, 0.2) is 24.3 Å². The summed E-state index contributed by atoms with van der Waals surface area (Å²) >= 11 is 0. The molecule has 0 bridgehead atoms. The van der Waals surface area contributed by atoms with E-state index in [0.717, 1.165) is 5.56 Å². The summed E-state index contributed by atoms with van der Waals surface area (Å²) in [4.78, 5) is 0. The lowest BCUT2D eigenvalue weighted by atomic mass is 10.1. The van der Waals surface area contributed by atoms with E-state index in [-0.39, 0.29) is 18.4 Å². The lowest BCUT2D eigenvalue weighted by molar-refractivity contribution is 0.265. The lowest BCUT2D eigenvalue weighted by Gasteiger charge is -2.07. The Labute approximate surface area is 71.5 Å². The molecular weight excluding hydrogens is 154 g/mol. The maximum atomic E-state index is 8.97. The molecule has 1 rings (SSSR count). The first kappa shape index (κ1) is 9.03. The number of phenols is 1.